The molecule has 0 saturated carbocycles. The zero-order valence-corrected chi connectivity index (χ0v) is 17.1. The maximum absolute atomic E-state index is 13.3. The summed E-state index contributed by atoms with van der Waals surface area (Å²) in [6.07, 6.45) is 0. The van der Waals surface area contributed by atoms with E-state index in [1.807, 2.05) is 0 Å². The summed E-state index contributed by atoms with van der Waals surface area (Å²) in [6, 6.07) is 0. The molecule has 0 atom stereocenters. The first-order valence-corrected chi connectivity index (χ1v) is 8.28. The van der Waals surface area contributed by atoms with E-state index in [4.69, 9.17) is 0 Å². The second kappa shape index (κ2) is 7.65. The van der Waals surface area contributed by atoms with E-state index in [9.17, 15) is 87.8 Å². The molecule has 32 heavy (non-hydrogen) atoms. The minimum Gasteiger partial charge on any atom is -0.192 e. The predicted molar refractivity (Wildman–Crippen MR) is 72.4 cm³/mol. The van der Waals surface area contributed by atoms with Crippen molar-refractivity contribution in [3.63, 3.8) is 0 Å². The van der Waals surface area contributed by atoms with Gasteiger partial charge in [-0.1, -0.05) is 0 Å². The molecule has 0 nitrogen and oxygen atoms in total. The molecular weight excluding hydrogens is 707 g/mol. The summed E-state index contributed by atoms with van der Waals surface area (Å²) in [5.74, 6) is -68.2. The Bertz CT molecular complexity index is 638. The molecule has 0 bridgehead atoms. The Kier molecular flexibility index (Phi) is 7.61. The molecule has 0 aromatic heterocycles. The van der Waals surface area contributed by atoms with Gasteiger partial charge in [0, 0.05) is 22.6 Å². The van der Waals surface area contributed by atoms with Crippen LogP contribution >= 0.6 is 38.5 Å². The first-order valence-electron chi connectivity index (χ1n) is 6.41. The van der Waals surface area contributed by atoms with Gasteiger partial charge in [0.1, 0.15) is 0 Å². The fourth-order valence-electron chi connectivity index (χ4n) is 1.54. The van der Waals surface area contributed by atoms with Gasteiger partial charge in [-0.15, -0.1) is 0 Å². The lowest BCUT2D eigenvalue weighted by Gasteiger charge is -2.44. The summed E-state index contributed by atoms with van der Waals surface area (Å²) in [5, 5.41) is 0. The molecule has 0 aliphatic heterocycles. The van der Waals surface area contributed by atoms with Crippen molar-refractivity contribution in [2.45, 2.75) is 56.1 Å². The normalized spacial score (nSPS) is 17.1. The second-order valence-electron chi connectivity index (χ2n) is 5.59. The molecule has 0 saturated heterocycles. The standard InChI is InChI=1S/C10BrF20I/c11-9(28,29)7(24,25)5(20,21)3(16,17)1(12,13)2(14,15)4(18,19)6(22,23)8(26,27)10(30,31)32. The van der Waals surface area contributed by atoms with Gasteiger partial charge >= 0.3 is 56.1 Å². The van der Waals surface area contributed by atoms with Crippen LogP contribution in [0.5, 0.6) is 0 Å². The summed E-state index contributed by atoms with van der Waals surface area (Å²) in [4.78, 5) is -6.67. The summed E-state index contributed by atoms with van der Waals surface area (Å²) < 4.78 is 253. The van der Waals surface area contributed by atoms with Crippen LogP contribution < -0.4 is 0 Å². The maximum Gasteiger partial charge on any atom is 0.388 e. The Morgan fingerprint density at radius 1 is 0.312 bits per heavy atom. The summed E-state index contributed by atoms with van der Waals surface area (Å²) in [5.41, 5.74) is 0. The molecule has 0 aromatic carbocycles. The van der Waals surface area contributed by atoms with Crippen molar-refractivity contribution in [2.75, 3.05) is 0 Å². The quantitative estimate of drug-likeness (QED) is 0.129. The van der Waals surface area contributed by atoms with E-state index in [1.165, 1.54) is 0 Å². The monoisotopic (exact) mass is 706 g/mol. The van der Waals surface area contributed by atoms with Crippen LogP contribution in [0.3, 0.4) is 0 Å². The Morgan fingerprint density at radius 2 is 0.469 bits per heavy atom. The minimum atomic E-state index is -8.98. The van der Waals surface area contributed by atoms with Crippen molar-refractivity contribution in [3.05, 3.63) is 0 Å². The third-order valence-electron chi connectivity index (χ3n) is 3.47. The van der Waals surface area contributed by atoms with Crippen molar-refractivity contribution >= 4 is 38.5 Å². The Balaban J connectivity index is 7.00. The highest BCUT2D eigenvalue weighted by molar-refractivity contribution is 14.1. The van der Waals surface area contributed by atoms with Crippen molar-refractivity contribution in [2.24, 2.45) is 0 Å². The molecule has 0 spiro atoms. The highest BCUT2D eigenvalue weighted by atomic mass is 127. The van der Waals surface area contributed by atoms with Gasteiger partial charge in [-0.05, 0) is 15.9 Å². The molecule has 0 rings (SSSR count). The van der Waals surface area contributed by atoms with E-state index in [0.29, 0.717) is 0 Å². The van der Waals surface area contributed by atoms with E-state index < -0.39 is 78.7 Å². The summed E-state index contributed by atoms with van der Waals surface area (Å²) in [7, 11) is 0. The Hall–Kier alpha value is -0.190. The van der Waals surface area contributed by atoms with Gasteiger partial charge in [0.15, 0.2) is 0 Å². The number of alkyl halides is 22. The fraction of sp³-hybridized carbons (Fsp3) is 1.00. The maximum atomic E-state index is 13.3. The number of hydrogen-bond donors (Lipinski definition) is 0. The Labute approximate surface area is 182 Å². The molecule has 0 radical (unpaired) electrons. The lowest BCUT2D eigenvalue weighted by molar-refractivity contribution is -0.462. The Morgan fingerprint density at radius 3 is 0.625 bits per heavy atom. The van der Waals surface area contributed by atoms with Crippen molar-refractivity contribution in [1.29, 1.82) is 0 Å². The van der Waals surface area contributed by atoms with E-state index in [2.05, 4.69) is 0 Å². The summed E-state index contributed by atoms with van der Waals surface area (Å²) >= 11 is -0.819. The van der Waals surface area contributed by atoms with E-state index in [0.717, 1.165) is 0 Å². The first-order chi connectivity index (χ1) is 13.2. The highest BCUT2D eigenvalue weighted by Gasteiger charge is 2.97. The average molecular weight is 707 g/mol. The van der Waals surface area contributed by atoms with E-state index in [-0.39, 0.29) is 15.9 Å². The topological polar surface area (TPSA) is 0 Å². The van der Waals surface area contributed by atoms with Crippen LogP contribution in [0.1, 0.15) is 0 Å². The molecule has 0 amide bonds. The predicted octanol–water partition coefficient (Wildman–Crippen LogP) is 8.08. The smallest absolute Gasteiger partial charge is 0.192 e. The molecule has 0 N–H and O–H groups in total. The second-order valence-corrected chi connectivity index (χ2v) is 7.94. The lowest BCUT2D eigenvalue weighted by atomic mass is 9.87. The van der Waals surface area contributed by atoms with Crippen LogP contribution in [0, 0.1) is 0 Å². The van der Waals surface area contributed by atoms with Gasteiger partial charge in [0.2, 0.25) is 0 Å². The SMILES string of the molecule is FC(F)(Br)C(F)(F)C(F)(F)C(F)(F)C(F)(F)C(F)(F)C(F)(F)C(F)(F)C(F)(F)C(F)(F)I. The zero-order valence-electron chi connectivity index (χ0n) is 13.3. The fourth-order valence-corrected chi connectivity index (χ4v) is 2.13. The third kappa shape index (κ3) is 3.79. The lowest BCUT2D eigenvalue weighted by Crippen LogP contribution is -2.76. The van der Waals surface area contributed by atoms with Gasteiger partial charge in [-0.3, -0.25) is 0 Å². The van der Waals surface area contributed by atoms with Crippen LogP contribution in [0.25, 0.3) is 0 Å². The molecule has 22 heteroatoms. The van der Waals surface area contributed by atoms with Crippen LogP contribution in [0.2, 0.25) is 0 Å². The number of rotatable bonds is 9. The van der Waals surface area contributed by atoms with Gasteiger partial charge < -0.3 is 0 Å². The van der Waals surface area contributed by atoms with Gasteiger partial charge in [0.05, 0.1) is 0 Å². The minimum absolute atomic E-state index is 0.284. The van der Waals surface area contributed by atoms with Gasteiger partial charge in [0.25, 0.3) is 0 Å². The van der Waals surface area contributed by atoms with Gasteiger partial charge in [-0.25, -0.2) is 0 Å². The van der Waals surface area contributed by atoms with Crippen LogP contribution in [0.4, 0.5) is 87.8 Å². The van der Waals surface area contributed by atoms with Crippen LogP contribution in [-0.4, -0.2) is 56.1 Å². The molecule has 0 aliphatic carbocycles. The van der Waals surface area contributed by atoms with E-state index >= 15 is 0 Å². The van der Waals surface area contributed by atoms with Crippen LogP contribution in [-0.2, 0) is 0 Å². The highest BCUT2D eigenvalue weighted by Crippen LogP contribution is 2.66. The average Bonchev–Trinajstić information content (AvgIpc) is 2.51. The van der Waals surface area contributed by atoms with Crippen LogP contribution in [0.15, 0.2) is 0 Å². The molecule has 0 fully saturated rings. The molecular formula is C10BrF20I. The number of halogens is 22. The summed E-state index contributed by atoms with van der Waals surface area (Å²) in [6.45, 7) is 0. The largest absolute Gasteiger partial charge is 0.388 e. The van der Waals surface area contributed by atoms with Crippen molar-refractivity contribution < 1.29 is 87.8 Å². The molecule has 0 unspecified atom stereocenters. The van der Waals surface area contributed by atoms with Crippen molar-refractivity contribution in [3.8, 4) is 0 Å². The molecule has 0 aliphatic rings. The van der Waals surface area contributed by atoms with Crippen molar-refractivity contribution in [1.82, 2.24) is 0 Å². The molecule has 0 aromatic rings. The van der Waals surface area contributed by atoms with E-state index in [1.54, 1.807) is 0 Å². The van der Waals surface area contributed by atoms with Gasteiger partial charge in [-0.2, -0.15) is 87.8 Å². The molecule has 194 valence electrons. The zero-order chi connectivity index (χ0) is 27.0. The first kappa shape index (κ1) is 31.8. The number of hydrogen-bond acceptors (Lipinski definition) is 0. The molecule has 0 heterocycles. The third-order valence-corrected chi connectivity index (χ3v) is 4.65.